The Morgan fingerprint density at radius 2 is 2.20 bits per heavy atom. The third-order valence-corrected chi connectivity index (χ3v) is 2.67. The Morgan fingerprint density at radius 3 is 2.85 bits per heavy atom. The fraction of sp³-hybridized carbons (Fsp3) is 0.0714. The van der Waals surface area contributed by atoms with Crippen LogP contribution in [-0.4, -0.2) is 18.0 Å². The zero-order valence-corrected chi connectivity index (χ0v) is 10.6. The molecule has 0 aliphatic heterocycles. The van der Waals surface area contributed by atoms with Gasteiger partial charge in [0.25, 0.3) is 5.91 Å². The van der Waals surface area contributed by atoms with Gasteiger partial charge in [-0.2, -0.15) is 5.26 Å². The van der Waals surface area contributed by atoms with Crippen LogP contribution >= 0.6 is 0 Å². The van der Waals surface area contributed by atoms with E-state index in [1.807, 2.05) is 6.07 Å². The van der Waals surface area contributed by atoms with Crippen molar-refractivity contribution in [3.05, 3.63) is 58.0 Å². The number of carbonyl (C=O) groups excluding carboxylic acids is 1. The average Bonchev–Trinajstić information content (AvgIpc) is 2.47. The van der Waals surface area contributed by atoms with E-state index in [0.29, 0.717) is 5.75 Å². The number of aromatic amines is 1. The molecule has 0 atom stereocenters. The third kappa shape index (κ3) is 2.52. The SMILES string of the molecule is COc1cccc(C#N)c1NC(=O)c1c[nH]ccc1=O. The highest BCUT2D eigenvalue weighted by Gasteiger charge is 2.15. The summed E-state index contributed by atoms with van der Waals surface area (Å²) < 4.78 is 5.10. The lowest BCUT2D eigenvalue weighted by molar-refractivity contribution is 0.102. The minimum absolute atomic E-state index is 0.0395. The predicted molar refractivity (Wildman–Crippen MR) is 72.7 cm³/mol. The quantitative estimate of drug-likeness (QED) is 0.882. The van der Waals surface area contributed by atoms with Gasteiger partial charge in [0.05, 0.1) is 12.7 Å². The number of rotatable bonds is 3. The fourth-order valence-electron chi connectivity index (χ4n) is 1.70. The number of nitriles is 1. The predicted octanol–water partition coefficient (Wildman–Crippen LogP) is 1.51. The zero-order valence-electron chi connectivity index (χ0n) is 10.6. The number of anilines is 1. The summed E-state index contributed by atoms with van der Waals surface area (Å²) in [6.07, 6.45) is 2.74. The third-order valence-electron chi connectivity index (χ3n) is 2.67. The lowest BCUT2D eigenvalue weighted by Crippen LogP contribution is -2.21. The average molecular weight is 269 g/mol. The second kappa shape index (κ2) is 5.71. The summed E-state index contributed by atoms with van der Waals surface area (Å²) in [7, 11) is 1.43. The Bertz CT molecular complexity index is 744. The highest BCUT2D eigenvalue weighted by Crippen LogP contribution is 2.27. The molecule has 0 aliphatic rings. The van der Waals surface area contributed by atoms with Crippen LogP contribution in [0, 0.1) is 11.3 Å². The van der Waals surface area contributed by atoms with Crippen LogP contribution < -0.4 is 15.5 Å². The molecule has 2 N–H and O–H groups in total. The molecule has 0 fully saturated rings. The van der Waals surface area contributed by atoms with E-state index < -0.39 is 11.3 Å². The number of H-pyrrole nitrogens is 1. The number of para-hydroxylation sites is 1. The molecule has 0 aliphatic carbocycles. The van der Waals surface area contributed by atoms with E-state index >= 15 is 0 Å². The number of amides is 1. The number of hydrogen-bond acceptors (Lipinski definition) is 4. The molecule has 2 aromatic rings. The number of ether oxygens (including phenoxy) is 1. The summed E-state index contributed by atoms with van der Waals surface area (Å²) in [6, 6.07) is 8.02. The Balaban J connectivity index is 2.41. The van der Waals surface area contributed by atoms with Gasteiger partial charge in [0, 0.05) is 18.5 Å². The summed E-state index contributed by atoms with van der Waals surface area (Å²) in [6.45, 7) is 0. The van der Waals surface area contributed by atoms with E-state index in [2.05, 4.69) is 10.3 Å². The van der Waals surface area contributed by atoms with Crippen LogP contribution in [-0.2, 0) is 0 Å². The lowest BCUT2D eigenvalue weighted by Gasteiger charge is -2.11. The van der Waals surface area contributed by atoms with Crippen molar-refractivity contribution in [3.8, 4) is 11.8 Å². The van der Waals surface area contributed by atoms with E-state index in [9.17, 15) is 9.59 Å². The molecule has 6 nitrogen and oxygen atoms in total. The molecule has 0 spiro atoms. The van der Waals surface area contributed by atoms with Gasteiger partial charge >= 0.3 is 0 Å². The minimum Gasteiger partial charge on any atom is -0.495 e. The summed E-state index contributed by atoms with van der Waals surface area (Å²) in [5, 5.41) is 11.6. The number of carbonyl (C=O) groups is 1. The van der Waals surface area contributed by atoms with E-state index in [4.69, 9.17) is 10.00 Å². The van der Waals surface area contributed by atoms with E-state index in [1.54, 1.807) is 18.2 Å². The molecular weight excluding hydrogens is 258 g/mol. The molecule has 1 amide bonds. The molecule has 0 radical (unpaired) electrons. The first-order valence-corrected chi connectivity index (χ1v) is 5.73. The van der Waals surface area contributed by atoms with Crippen LogP contribution in [0.25, 0.3) is 0 Å². The Kier molecular flexibility index (Phi) is 3.82. The van der Waals surface area contributed by atoms with Crippen LogP contribution in [0.15, 0.2) is 41.5 Å². The second-order valence-corrected chi connectivity index (χ2v) is 3.87. The number of pyridine rings is 1. The van der Waals surface area contributed by atoms with Gasteiger partial charge in [-0.15, -0.1) is 0 Å². The number of methoxy groups -OCH3 is 1. The van der Waals surface area contributed by atoms with Gasteiger partial charge in [-0.1, -0.05) is 6.07 Å². The molecule has 1 aromatic carbocycles. The molecule has 0 saturated carbocycles. The highest BCUT2D eigenvalue weighted by molar-refractivity contribution is 6.05. The maximum absolute atomic E-state index is 12.1. The molecule has 6 heteroatoms. The topological polar surface area (TPSA) is 95.0 Å². The van der Waals surface area contributed by atoms with Crippen LogP contribution in [0.4, 0.5) is 5.69 Å². The molecule has 20 heavy (non-hydrogen) atoms. The number of nitrogens with one attached hydrogen (secondary N) is 2. The Labute approximate surface area is 114 Å². The minimum atomic E-state index is -0.604. The smallest absolute Gasteiger partial charge is 0.261 e. The summed E-state index contributed by atoms with van der Waals surface area (Å²) in [5.41, 5.74) is 0.0489. The number of nitrogens with zero attached hydrogens (tertiary/aromatic N) is 1. The first-order chi connectivity index (χ1) is 9.67. The molecule has 1 aromatic heterocycles. The monoisotopic (exact) mass is 269 g/mol. The molecule has 0 unspecified atom stereocenters. The Hall–Kier alpha value is -3.07. The Morgan fingerprint density at radius 1 is 1.40 bits per heavy atom. The van der Waals surface area contributed by atoms with Crippen molar-refractivity contribution in [2.45, 2.75) is 0 Å². The molecular formula is C14H11N3O3. The van der Waals surface area contributed by atoms with E-state index in [-0.39, 0.29) is 16.8 Å². The van der Waals surface area contributed by atoms with Crippen LogP contribution in [0.3, 0.4) is 0 Å². The van der Waals surface area contributed by atoms with Crippen molar-refractivity contribution in [2.24, 2.45) is 0 Å². The van der Waals surface area contributed by atoms with Gasteiger partial charge in [-0.25, -0.2) is 0 Å². The maximum Gasteiger partial charge on any atom is 0.261 e. The van der Waals surface area contributed by atoms with Gasteiger partial charge in [-0.3, -0.25) is 9.59 Å². The van der Waals surface area contributed by atoms with Crippen molar-refractivity contribution < 1.29 is 9.53 Å². The summed E-state index contributed by atoms with van der Waals surface area (Å²) >= 11 is 0. The number of hydrogen-bond donors (Lipinski definition) is 2. The lowest BCUT2D eigenvalue weighted by atomic mass is 10.1. The zero-order chi connectivity index (χ0) is 14.5. The first-order valence-electron chi connectivity index (χ1n) is 5.73. The maximum atomic E-state index is 12.1. The van der Waals surface area contributed by atoms with Crippen molar-refractivity contribution in [3.63, 3.8) is 0 Å². The van der Waals surface area contributed by atoms with Gasteiger partial charge in [-0.05, 0) is 12.1 Å². The molecule has 0 saturated heterocycles. The normalized spacial score (nSPS) is 9.60. The van der Waals surface area contributed by atoms with E-state index in [1.165, 1.54) is 25.6 Å². The standard InChI is InChI=1S/C14H11N3O3/c1-20-12-4-2-3-9(7-15)13(12)17-14(19)10-8-16-6-5-11(10)18/h2-6,8H,1H3,(H,16,18)(H,17,19). The molecule has 1 heterocycles. The van der Waals surface area contributed by atoms with Crippen LogP contribution in [0.1, 0.15) is 15.9 Å². The van der Waals surface area contributed by atoms with Gasteiger partial charge in [0.1, 0.15) is 23.1 Å². The molecule has 0 bridgehead atoms. The van der Waals surface area contributed by atoms with Crippen molar-refractivity contribution in [1.82, 2.24) is 4.98 Å². The number of aromatic nitrogens is 1. The number of benzene rings is 1. The highest BCUT2D eigenvalue weighted by atomic mass is 16.5. The molecule has 100 valence electrons. The van der Waals surface area contributed by atoms with Crippen LogP contribution in [0.5, 0.6) is 5.75 Å². The largest absolute Gasteiger partial charge is 0.495 e. The van der Waals surface area contributed by atoms with Crippen molar-refractivity contribution in [1.29, 1.82) is 5.26 Å². The van der Waals surface area contributed by atoms with Crippen LogP contribution in [0.2, 0.25) is 0 Å². The van der Waals surface area contributed by atoms with Crippen molar-refractivity contribution in [2.75, 3.05) is 12.4 Å². The summed E-state index contributed by atoms with van der Waals surface area (Å²) in [5.74, 6) is -0.252. The van der Waals surface area contributed by atoms with E-state index in [0.717, 1.165) is 0 Å². The van der Waals surface area contributed by atoms with Gasteiger partial charge < -0.3 is 15.0 Å². The van der Waals surface area contributed by atoms with Gasteiger partial charge in [0.2, 0.25) is 0 Å². The van der Waals surface area contributed by atoms with Crippen molar-refractivity contribution >= 4 is 11.6 Å². The molecule has 2 rings (SSSR count). The second-order valence-electron chi connectivity index (χ2n) is 3.87. The van der Waals surface area contributed by atoms with Gasteiger partial charge in [0.15, 0.2) is 5.43 Å². The summed E-state index contributed by atoms with van der Waals surface area (Å²) in [4.78, 5) is 26.3. The first kappa shape index (κ1) is 13.4. The fourth-order valence-corrected chi connectivity index (χ4v) is 1.70.